The molecular formula is C11H9BrOS2. The average Bonchev–Trinajstić information content (AvgIpc) is 2.63. The Kier molecular flexibility index (Phi) is 3.72. The molecule has 0 aliphatic rings. The van der Waals surface area contributed by atoms with Crippen molar-refractivity contribution >= 4 is 39.0 Å². The lowest BCUT2D eigenvalue weighted by atomic mass is 10.3. The molecule has 0 spiro atoms. The second-order valence-corrected chi connectivity index (χ2v) is 5.92. The van der Waals surface area contributed by atoms with Gasteiger partial charge >= 0.3 is 0 Å². The molecule has 0 atom stereocenters. The standard InChI is InChI=1S/C11H9BrOS2/c12-8-5-9(14-6-8)7-15-11-4-2-1-3-10(11)13/h1-6,13H,7H2. The lowest BCUT2D eigenvalue weighted by molar-refractivity contribution is 0.462. The molecule has 2 aromatic rings. The number of rotatable bonds is 3. The van der Waals surface area contributed by atoms with Crippen LogP contribution in [0.5, 0.6) is 5.75 Å². The van der Waals surface area contributed by atoms with E-state index in [0.29, 0.717) is 5.75 Å². The molecular weight excluding hydrogens is 292 g/mol. The quantitative estimate of drug-likeness (QED) is 0.842. The molecule has 0 radical (unpaired) electrons. The molecule has 4 heteroatoms. The van der Waals surface area contributed by atoms with Gasteiger partial charge in [-0.3, -0.25) is 0 Å². The summed E-state index contributed by atoms with van der Waals surface area (Å²) >= 11 is 6.80. The molecule has 1 heterocycles. The summed E-state index contributed by atoms with van der Waals surface area (Å²) in [5, 5.41) is 11.6. The molecule has 1 nitrogen and oxygen atoms in total. The fourth-order valence-electron chi connectivity index (χ4n) is 1.16. The molecule has 0 fully saturated rings. The summed E-state index contributed by atoms with van der Waals surface area (Å²) in [4.78, 5) is 2.23. The minimum Gasteiger partial charge on any atom is -0.507 e. The molecule has 2 rings (SSSR count). The third-order valence-corrected chi connectivity index (χ3v) is 4.85. The smallest absolute Gasteiger partial charge is 0.129 e. The minimum atomic E-state index is 0.359. The Balaban J connectivity index is 2.02. The highest BCUT2D eigenvalue weighted by Gasteiger charge is 2.02. The molecule has 0 saturated heterocycles. The molecule has 1 aromatic heterocycles. The van der Waals surface area contributed by atoms with Crippen LogP contribution in [0.1, 0.15) is 4.88 Å². The van der Waals surface area contributed by atoms with E-state index in [9.17, 15) is 5.11 Å². The Morgan fingerprint density at radius 3 is 2.80 bits per heavy atom. The van der Waals surface area contributed by atoms with Gasteiger partial charge in [0.15, 0.2) is 0 Å². The summed E-state index contributed by atoms with van der Waals surface area (Å²) in [5.74, 6) is 1.26. The summed E-state index contributed by atoms with van der Waals surface area (Å²) in [6.45, 7) is 0. The Labute approximate surface area is 105 Å². The van der Waals surface area contributed by atoms with E-state index in [1.165, 1.54) is 4.88 Å². The van der Waals surface area contributed by atoms with Crippen molar-refractivity contribution < 1.29 is 5.11 Å². The maximum atomic E-state index is 9.57. The highest BCUT2D eigenvalue weighted by molar-refractivity contribution is 9.10. The molecule has 0 aliphatic heterocycles. The van der Waals surface area contributed by atoms with E-state index in [-0.39, 0.29) is 0 Å². The predicted octanol–water partition coefficient (Wildman–Crippen LogP) is 4.51. The topological polar surface area (TPSA) is 20.2 Å². The van der Waals surface area contributed by atoms with Gasteiger partial charge in [0.25, 0.3) is 0 Å². The lowest BCUT2D eigenvalue weighted by Crippen LogP contribution is -1.75. The first-order valence-corrected chi connectivity index (χ1v) is 7.05. The molecule has 0 bridgehead atoms. The summed E-state index contributed by atoms with van der Waals surface area (Å²) < 4.78 is 1.13. The van der Waals surface area contributed by atoms with Gasteiger partial charge in [-0.15, -0.1) is 23.1 Å². The van der Waals surface area contributed by atoms with Gasteiger partial charge in [-0.25, -0.2) is 0 Å². The van der Waals surface area contributed by atoms with Gasteiger partial charge in [0.05, 0.1) is 0 Å². The number of phenols is 1. The monoisotopic (exact) mass is 300 g/mol. The van der Waals surface area contributed by atoms with Gasteiger partial charge in [-0.05, 0) is 34.1 Å². The summed E-state index contributed by atoms with van der Waals surface area (Å²) in [5.41, 5.74) is 0. The Morgan fingerprint density at radius 1 is 1.33 bits per heavy atom. The SMILES string of the molecule is Oc1ccccc1SCc1cc(Br)cs1. The van der Waals surface area contributed by atoms with Gasteiger partial charge in [0.2, 0.25) is 0 Å². The molecule has 0 amide bonds. The molecule has 1 aromatic carbocycles. The van der Waals surface area contributed by atoms with E-state index in [4.69, 9.17) is 0 Å². The Hall–Kier alpha value is -0.450. The largest absolute Gasteiger partial charge is 0.507 e. The molecule has 0 saturated carbocycles. The number of thiophene rings is 1. The predicted molar refractivity (Wildman–Crippen MR) is 69.7 cm³/mol. The van der Waals surface area contributed by atoms with Crippen molar-refractivity contribution in [1.29, 1.82) is 0 Å². The zero-order valence-corrected chi connectivity index (χ0v) is 11.0. The van der Waals surface area contributed by atoms with Crippen LogP contribution in [-0.2, 0) is 5.75 Å². The summed E-state index contributed by atoms with van der Waals surface area (Å²) in [6.07, 6.45) is 0. The number of benzene rings is 1. The first kappa shape index (κ1) is 11.0. The number of halogens is 1. The number of thioether (sulfide) groups is 1. The van der Waals surface area contributed by atoms with Crippen molar-refractivity contribution in [1.82, 2.24) is 0 Å². The van der Waals surface area contributed by atoms with E-state index < -0.39 is 0 Å². The van der Waals surface area contributed by atoms with Crippen LogP contribution in [0.25, 0.3) is 0 Å². The van der Waals surface area contributed by atoms with Gasteiger partial charge in [-0.2, -0.15) is 0 Å². The second kappa shape index (κ2) is 5.05. The van der Waals surface area contributed by atoms with Crippen LogP contribution in [0.15, 0.2) is 45.1 Å². The average molecular weight is 301 g/mol. The van der Waals surface area contributed by atoms with Crippen LogP contribution < -0.4 is 0 Å². The maximum absolute atomic E-state index is 9.57. The van der Waals surface area contributed by atoms with Gasteiger partial charge < -0.3 is 5.11 Å². The van der Waals surface area contributed by atoms with E-state index in [2.05, 4.69) is 27.4 Å². The summed E-state index contributed by atoms with van der Waals surface area (Å²) in [6, 6.07) is 9.53. The molecule has 0 aliphatic carbocycles. The van der Waals surface area contributed by atoms with Crippen molar-refractivity contribution in [3.63, 3.8) is 0 Å². The zero-order chi connectivity index (χ0) is 10.7. The van der Waals surface area contributed by atoms with Gasteiger partial charge in [-0.1, -0.05) is 12.1 Å². The van der Waals surface area contributed by atoms with Crippen molar-refractivity contribution in [3.05, 3.63) is 45.1 Å². The van der Waals surface area contributed by atoms with E-state index in [1.807, 2.05) is 18.2 Å². The first-order chi connectivity index (χ1) is 7.25. The van der Waals surface area contributed by atoms with Gasteiger partial charge in [0, 0.05) is 25.4 Å². The molecule has 15 heavy (non-hydrogen) atoms. The van der Waals surface area contributed by atoms with Crippen LogP contribution in [0.3, 0.4) is 0 Å². The van der Waals surface area contributed by atoms with Crippen molar-refractivity contribution in [2.45, 2.75) is 10.6 Å². The van der Waals surface area contributed by atoms with E-state index in [0.717, 1.165) is 15.1 Å². The number of hydrogen-bond acceptors (Lipinski definition) is 3. The first-order valence-electron chi connectivity index (χ1n) is 4.39. The minimum absolute atomic E-state index is 0.359. The number of phenolic OH excluding ortho intramolecular Hbond substituents is 1. The van der Waals surface area contributed by atoms with Crippen molar-refractivity contribution in [3.8, 4) is 5.75 Å². The third kappa shape index (κ3) is 3.00. The number of para-hydroxylation sites is 1. The van der Waals surface area contributed by atoms with Gasteiger partial charge in [0.1, 0.15) is 5.75 Å². The highest BCUT2D eigenvalue weighted by atomic mass is 79.9. The second-order valence-electron chi connectivity index (χ2n) is 2.99. The highest BCUT2D eigenvalue weighted by Crippen LogP contribution is 2.32. The van der Waals surface area contributed by atoms with Crippen LogP contribution in [-0.4, -0.2) is 5.11 Å². The van der Waals surface area contributed by atoms with Crippen LogP contribution in [0.4, 0.5) is 0 Å². The van der Waals surface area contributed by atoms with Crippen LogP contribution in [0, 0.1) is 0 Å². The van der Waals surface area contributed by atoms with E-state index in [1.54, 1.807) is 29.2 Å². The number of aromatic hydroxyl groups is 1. The fraction of sp³-hybridized carbons (Fsp3) is 0.0909. The van der Waals surface area contributed by atoms with Crippen LogP contribution in [0.2, 0.25) is 0 Å². The number of hydrogen-bond donors (Lipinski definition) is 1. The maximum Gasteiger partial charge on any atom is 0.129 e. The fourth-order valence-corrected chi connectivity index (χ4v) is 3.61. The van der Waals surface area contributed by atoms with E-state index >= 15 is 0 Å². The lowest BCUT2D eigenvalue weighted by Gasteiger charge is -2.01. The Bertz CT molecular complexity index is 453. The molecule has 78 valence electrons. The van der Waals surface area contributed by atoms with Crippen LogP contribution >= 0.6 is 39.0 Å². The van der Waals surface area contributed by atoms with Crippen molar-refractivity contribution in [2.75, 3.05) is 0 Å². The molecule has 1 N–H and O–H groups in total. The Morgan fingerprint density at radius 2 is 2.13 bits per heavy atom. The summed E-state index contributed by atoms with van der Waals surface area (Å²) in [7, 11) is 0. The zero-order valence-electron chi connectivity index (χ0n) is 7.81. The van der Waals surface area contributed by atoms with Crippen molar-refractivity contribution in [2.24, 2.45) is 0 Å². The third-order valence-electron chi connectivity index (χ3n) is 1.86. The molecule has 0 unspecified atom stereocenters. The normalized spacial score (nSPS) is 10.5.